The molecule has 1 atom stereocenters. The van der Waals surface area contributed by atoms with E-state index in [1.165, 1.54) is 0 Å². The number of hydrogen-bond acceptors (Lipinski definition) is 4. The first-order valence-electron chi connectivity index (χ1n) is 5.31. The van der Waals surface area contributed by atoms with Crippen LogP contribution in [0.4, 0.5) is 0 Å². The van der Waals surface area contributed by atoms with Crippen LogP contribution in [0.3, 0.4) is 0 Å². The third-order valence-corrected chi connectivity index (χ3v) is 2.74. The molecule has 0 N–H and O–H groups in total. The van der Waals surface area contributed by atoms with Crippen molar-refractivity contribution in [1.29, 1.82) is 0 Å². The van der Waals surface area contributed by atoms with E-state index in [2.05, 4.69) is 10.1 Å². The first kappa shape index (κ1) is 9.47. The molecule has 2 aromatic heterocycles. The number of carbonyl (C=O) groups excluding carboxylic acids is 1. The van der Waals surface area contributed by atoms with Gasteiger partial charge in [-0.2, -0.15) is 0 Å². The van der Waals surface area contributed by atoms with E-state index in [4.69, 9.17) is 4.74 Å². The molecule has 0 radical (unpaired) electrons. The molecule has 1 aliphatic heterocycles. The van der Waals surface area contributed by atoms with Gasteiger partial charge in [-0.1, -0.05) is 6.07 Å². The number of rotatable bonds is 2. The Kier molecular flexibility index (Phi) is 2.18. The molecule has 5 nitrogen and oxygen atoms in total. The average molecular weight is 217 g/mol. The third kappa shape index (κ3) is 1.40. The summed E-state index contributed by atoms with van der Waals surface area (Å²) in [6.07, 6.45) is 2.76. The average Bonchev–Trinajstić information content (AvgIpc) is 2.96. The highest BCUT2D eigenvalue weighted by Gasteiger charge is 2.22. The molecule has 82 valence electrons. The fraction of sp³-hybridized carbons (Fsp3) is 0.364. The summed E-state index contributed by atoms with van der Waals surface area (Å²) >= 11 is 0. The zero-order valence-corrected chi connectivity index (χ0v) is 8.67. The van der Waals surface area contributed by atoms with E-state index >= 15 is 0 Å². The quantitative estimate of drug-likeness (QED) is 0.713. The number of fused-ring (bicyclic) bond motifs is 1. The van der Waals surface area contributed by atoms with Crippen LogP contribution in [0.2, 0.25) is 0 Å². The van der Waals surface area contributed by atoms with Crippen LogP contribution in [0.5, 0.6) is 0 Å². The van der Waals surface area contributed by atoms with Gasteiger partial charge in [0.2, 0.25) is 0 Å². The molecule has 2 aromatic rings. The normalized spacial score (nSPS) is 20.4. The fourth-order valence-electron chi connectivity index (χ4n) is 1.95. The largest absolute Gasteiger partial charge is 0.370 e. The molecule has 5 heteroatoms. The number of hydrogen-bond donors (Lipinski definition) is 0. The smallest absolute Gasteiger partial charge is 0.180 e. The molecule has 0 aromatic carbocycles. The molecule has 0 spiro atoms. The maximum absolute atomic E-state index is 10.8. The summed E-state index contributed by atoms with van der Waals surface area (Å²) in [4.78, 5) is 15.2. The summed E-state index contributed by atoms with van der Waals surface area (Å²) in [7, 11) is 0. The Morgan fingerprint density at radius 2 is 2.44 bits per heavy atom. The molecule has 1 unspecified atom stereocenters. The van der Waals surface area contributed by atoms with Crippen LogP contribution in [0.1, 0.15) is 35.3 Å². The number of aromatic nitrogens is 3. The second-order valence-corrected chi connectivity index (χ2v) is 3.81. The summed E-state index contributed by atoms with van der Waals surface area (Å²) in [6.45, 7) is 0.765. The van der Waals surface area contributed by atoms with Gasteiger partial charge in [0, 0.05) is 6.61 Å². The minimum absolute atomic E-state index is 0.0144. The molecule has 1 fully saturated rings. The molecular formula is C11H11N3O2. The number of nitrogens with zero attached hydrogens (tertiary/aromatic N) is 3. The highest BCUT2D eigenvalue weighted by atomic mass is 16.5. The van der Waals surface area contributed by atoms with E-state index in [0.717, 1.165) is 25.7 Å². The van der Waals surface area contributed by atoms with Gasteiger partial charge >= 0.3 is 0 Å². The highest BCUT2D eigenvalue weighted by Crippen LogP contribution is 2.26. The standard InChI is InChI=1S/C11H11N3O2/c15-7-8-3-1-5-10-12-11(13-14(8)10)9-4-2-6-16-9/h1,3,5,7,9H,2,4,6H2. The Morgan fingerprint density at radius 1 is 1.50 bits per heavy atom. The minimum atomic E-state index is -0.0144. The lowest BCUT2D eigenvalue weighted by molar-refractivity contribution is 0.105. The molecule has 0 saturated carbocycles. The predicted octanol–water partition coefficient (Wildman–Crippen LogP) is 1.39. The van der Waals surface area contributed by atoms with Gasteiger partial charge < -0.3 is 4.74 Å². The Hall–Kier alpha value is -1.75. The van der Waals surface area contributed by atoms with E-state index in [9.17, 15) is 4.79 Å². The van der Waals surface area contributed by atoms with Crippen molar-refractivity contribution < 1.29 is 9.53 Å². The van der Waals surface area contributed by atoms with Crippen molar-refractivity contribution in [3.8, 4) is 0 Å². The second kappa shape index (κ2) is 3.68. The summed E-state index contributed by atoms with van der Waals surface area (Å²) in [6, 6.07) is 5.35. The van der Waals surface area contributed by atoms with Gasteiger partial charge in [-0.25, -0.2) is 9.50 Å². The predicted molar refractivity (Wildman–Crippen MR) is 56.3 cm³/mol. The lowest BCUT2D eigenvalue weighted by Crippen LogP contribution is -2.00. The molecule has 3 heterocycles. The van der Waals surface area contributed by atoms with Gasteiger partial charge in [0.15, 0.2) is 17.8 Å². The van der Waals surface area contributed by atoms with Gasteiger partial charge in [0.25, 0.3) is 0 Å². The van der Waals surface area contributed by atoms with E-state index in [1.54, 1.807) is 16.6 Å². The summed E-state index contributed by atoms with van der Waals surface area (Å²) in [5.41, 5.74) is 1.20. The van der Waals surface area contributed by atoms with Gasteiger partial charge in [0.1, 0.15) is 11.8 Å². The van der Waals surface area contributed by atoms with Gasteiger partial charge in [-0.3, -0.25) is 4.79 Å². The van der Waals surface area contributed by atoms with Crippen LogP contribution in [0.25, 0.3) is 5.65 Å². The molecule has 1 saturated heterocycles. The van der Waals surface area contributed by atoms with E-state index in [0.29, 0.717) is 17.2 Å². The number of pyridine rings is 1. The monoisotopic (exact) mass is 217 g/mol. The van der Waals surface area contributed by atoms with Crippen LogP contribution in [-0.2, 0) is 4.74 Å². The lowest BCUT2D eigenvalue weighted by Gasteiger charge is -2.01. The van der Waals surface area contributed by atoms with Gasteiger partial charge in [-0.05, 0) is 25.0 Å². The summed E-state index contributed by atoms with van der Waals surface area (Å²) in [5, 5.41) is 4.31. The van der Waals surface area contributed by atoms with Crippen molar-refractivity contribution in [3.05, 3.63) is 29.7 Å². The van der Waals surface area contributed by atoms with E-state index < -0.39 is 0 Å². The van der Waals surface area contributed by atoms with Crippen LogP contribution >= 0.6 is 0 Å². The minimum Gasteiger partial charge on any atom is -0.370 e. The fourth-order valence-corrected chi connectivity index (χ4v) is 1.95. The van der Waals surface area contributed by atoms with E-state index in [-0.39, 0.29) is 6.10 Å². The van der Waals surface area contributed by atoms with Crippen molar-refractivity contribution in [1.82, 2.24) is 14.6 Å². The SMILES string of the molecule is O=Cc1cccc2nc(C3CCCO3)nn12. The molecule has 1 aliphatic rings. The number of carbonyl (C=O) groups is 1. The van der Waals surface area contributed by atoms with Crippen LogP contribution in [-0.4, -0.2) is 27.5 Å². The van der Waals surface area contributed by atoms with Crippen LogP contribution in [0.15, 0.2) is 18.2 Å². The van der Waals surface area contributed by atoms with Crippen LogP contribution < -0.4 is 0 Å². The molecule has 3 rings (SSSR count). The maximum Gasteiger partial charge on any atom is 0.180 e. The first-order chi connectivity index (χ1) is 7.88. The lowest BCUT2D eigenvalue weighted by atomic mass is 10.2. The number of aldehydes is 1. The van der Waals surface area contributed by atoms with Crippen molar-refractivity contribution >= 4 is 11.9 Å². The second-order valence-electron chi connectivity index (χ2n) is 3.81. The van der Waals surface area contributed by atoms with Crippen LogP contribution in [0, 0.1) is 0 Å². The third-order valence-electron chi connectivity index (χ3n) is 2.74. The Balaban J connectivity index is 2.11. The van der Waals surface area contributed by atoms with Crippen molar-refractivity contribution in [3.63, 3.8) is 0 Å². The highest BCUT2D eigenvalue weighted by molar-refractivity contribution is 5.73. The molecule has 0 bridgehead atoms. The van der Waals surface area contributed by atoms with Crippen molar-refractivity contribution in [2.75, 3.05) is 6.61 Å². The Bertz CT molecular complexity index is 529. The van der Waals surface area contributed by atoms with Gasteiger partial charge in [0.05, 0.1) is 0 Å². The maximum atomic E-state index is 10.8. The molecular weight excluding hydrogens is 206 g/mol. The molecule has 0 amide bonds. The Morgan fingerprint density at radius 3 is 3.19 bits per heavy atom. The first-order valence-corrected chi connectivity index (χ1v) is 5.31. The Labute approximate surface area is 92.1 Å². The van der Waals surface area contributed by atoms with E-state index in [1.807, 2.05) is 6.07 Å². The van der Waals surface area contributed by atoms with Gasteiger partial charge in [-0.15, -0.1) is 5.10 Å². The summed E-state index contributed by atoms with van der Waals surface area (Å²) in [5.74, 6) is 0.673. The zero-order valence-electron chi connectivity index (χ0n) is 8.67. The molecule has 0 aliphatic carbocycles. The zero-order chi connectivity index (χ0) is 11.0. The topological polar surface area (TPSA) is 56.5 Å². The summed E-state index contributed by atoms with van der Waals surface area (Å²) < 4.78 is 7.07. The molecule has 16 heavy (non-hydrogen) atoms. The van der Waals surface area contributed by atoms with Crippen molar-refractivity contribution in [2.24, 2.45) is 0 Å². The number of ether oxygens (including phenoxy) is 1. The van der Waals surface area contributed by atoms with Crippen molar-refractivity contribution in [2.45, 2.75) is 18.9 Å².